The van der Waals surface area contributed by atoms with Crippen molar-refractivity contribution < 1.29 is 14.2 Å². The summed E-state index contributed by atoms with van der Waals surface area (Å²) < 4.78 is 17.6. The first-order chi connectivity index (χ1) is 9.28. The van der Waals surface area contributed by atoms with Crippen LogP contribution in [0.3, 0.4) is 0 Å². The van der Waals surface area contributed by atoms with E-state index in [9.17, 15) is 0 Å². The van der Waals surface area contributed by atoms with Crippen molar-refractivity contribution in [3.63, 3.8) is 0 Å². The van der Waals surface area contributed by atoms with Crippen molar-refractivity contribution in [2.75, 3.05) is 13.2 Å². The summed E-state index contributed by atoms with van der Waals surface area (Å²) in [4.78, 5) is 0. The molecule has 0 radical (unpaired) electrons. The van der Waals surface area contributed by atoms with Gasteiger partial charge in [0.25, 0.3) is 0 Å². The quantitative estimate of drug-likeness (QED) is 0.333. The van der Waals surface area contributed by atoms with Gasteiger partial charge in [0.2, 0.25) is 0 Å². The van der Waals surface area contributed by atoms with Crippen molar-refractivity contribution in [3.8, 4) is 0 Å². The highest BCUT2D eigenvalue weighted by atomic mass is 16.8. The molecule has 2 unspecified atom stereocenters. The zero-order valence-electron chi connectivity index (χ0n) is 13.5. The van der Waals surface area contributed by atoms with Crippen LogP contribution in [-0.2, 0) is 14.2 Å². The first-order valence-electron chi connectivity index (χ1n) is 8.17. The molecule has 0 aromatic rings. The van der Waals surface area contributed by atoms with E-state index in [4.69, 9.17) is 14.2 Å². The van der Waals surface area contributed by atoms with Gasteiger partial charge in [0.1, 0.15) is 0 Å². The molecular formula is C16H34O3. The van der Waals surface area contributed by atoms with Crippen LogP contribution in [0.2, 0.25) is 0 Å². The van der Waals surface area contributed by atoms with Gasteiger partial charge in [-0.2, -0.15) is 0 Å². The molecule has 2 atom stereocenters. The topological polar surface area (TPSA) is 27.7 Å². The summed E-state index contributed by atoms with van der Waals surface area (Å²) in [5.74, 6) is 0. The van der Waals surface area contributed by atoms with E-state index in [-0.39, 0.29) is 12.6 Å². The third kappa shape index (κ3) is 11.4. The van der Waals surface area contributed by atoms with Crippen molar-refractivity contribution in [1.82, 2.24) is 0 Å². The Morgan fingerprint density at radius 1 is 0.632 bits per heavy atom. The average molecular weight is 274 g/mol. The van der Waals surface area contributed by atoms with E-state index in [0.717, 1.165) is 64.6 Å². The number of hydrogen-bond donors (Lipinski definition) is 0. The summed E-state index contributed by atoms with van der Waals surface area (Å²) in [5, 5.41) is 0. The number of rotatable bonds is 14. The monoisotopic (exact) mass is 274 g/mol. The minimum absolute atomic E-state index is 0.102. The molecule has 0 aromatic carbocycles. The molecule has 0 aromatic heterocycles. The van der Waals surface area contributed by atoms with Gasteiger partial charge in [-0.25, -0.2) is 0 Å². The van der Waals surface area contributed by atoms with Crippen LogP contribution in [0.15, 0.2) is 0 Å². The molecule has 0 aliphatic heterocycles. The molecule has 0 aliphatic rings. The van der Waals surface area contributed by atoms with Crippen molar-refractivity contribution >= 4 is 0 Å². The van der Waals surface area contributed by atoms with Crippen molar-refractivity contribution in [1.29, 1.82) is 0 Å². The van der Waals surface area contributed by atoms with Gasteiger partial charge in [0.15, 0.2) is 12.6 Å². The molecule has 0 heterocycles. The van der Waals surface area contributed by atoms with Crippen LogP contribution in [-0.4, -0.2) is 25.8 Å². The van der Waals surface area contributed by atoms with E-state index >= 15 is 0 Å². The average Bonchev–Trinajstić information content (AvgIpc) is 2.39. The molecule has 0 aliphatic carbocycles. The van der Waals surface area contributed by atoms with Gasteiger partial charge >= 0.3 is 0 Å². The summed E-state index contributed by atoms with van der Waals surface area (Å²) in [5.41, 5.74) is 0. The Bertz CT molecular complexity index is 155. The Morgan fingerprint density at radius 3 is 1.37 bits per heavy atom. The van der Waals surface area contributed by atoms with E-state index in [1.165, 1.54) is 0 Å². The number of unbranched alkanes of at least 4 members (excludes halogenated alkanes) is 2. The highest BCUT2D eigenvalue weighted by molar-refractivity contribution is 4.51. The summed E-state index contributed by atoms with van der Waals surface area (Å²) in [6.45, 7) is 10.2. The second kappa shape index (κ2) is 14.3. The lowest BCUT2D eigenvalue weighted by Gasteiger charge is -2.25. The molecule has 0 amide bonds. The van der Waals surface area contributed by atoms with Crippen molar-refractivity contribution in [2.24, 2.45) is 0 Å². The van der Waals surface area contributed by atoms with E-state index < -0.39 is 0 Å². The molecule has 3 heteroatoms. The molecule has 0 bridgehead atoms. The van der Waals surface area contributed by atoms with E-state index in [2.05, 4.69) is 27.7 Å². The second-order valence-corrected chi connectivity index (χ2v) is 5.02. The second-order valence-electron chi connectivity index (χ2n) is 5.02. The van der Waals surface area contributed by atoms with Crippen molar-refractivity contribution in [3.05, 3.63) is 0 Å². The minimum atomic E-state index is -0.102. The van der Waals surface area contributed by atoms with Gasteiger partial charge in [0.05, 0.1) is 0 Å². The van der Waals surface area contributed by atoms with Crippen LogP contribution >= 0.6 is 0 Å². The van der Waals surface area contributed by atoms with Crippen molar-refractivity contribution in [2.45, 2.75) is 91.6 Å². The van der Waals surface area contributed by atoms with Gasteiger partial charge in [-0.1, -0.05) is 53.4 Å². The summed E-state index contributed by atoms with van der Waals surface area (Å²) in [6, 6.07) is 0. The normalized spacial score (nSPS) is 14.5. The van der Waals surface area contributed by atoms with E-state index in [0.29, 0.717) is 0 Å². The van der Waals surface area contributed by atoms with Crippen LogP contribution in [0.25, 0.3) is 0 Å². The SMILES string of the molecule is CCCCOC(CCC)OC(CCC)OCCCC. The fraction of sp³-hybridized carbons (Fsp3) is 1.00. The Labute approximate surface area is 120 Å². The van der Waals surface area contributed by atoms with Crippen LogP contribution in [0.1, 0.15) is 79.1 Å². The summed E-state index contributed by atoms with van der Waals surface area (Å²) in [6.07, 6.45) is 8.34. The molecule has 0 spiro atoms. The lowest BCUT2D eigenvalue weighted by molar-refractivity contribution is -0.249. The van der Waals surface area contributed by atoms with Gasteiger partial charge in [-0.3, -0.25) is 0 Å². The zero-order chi connectivity index (χ0) is 14.3. The Kier molecular flexibility index (Phi) is 14.2. The predicted octanol–water partition coefficient (Wildman–Crippen LogP) is 4.89. The molecule has 3 nitrogen and oxygen atoms in total. The highest BCUT2D eigenvalue weighted by Crippen LogP contribution is 2.13. The maximum Gasteiger partial charge on any atom is 0.160 e. The first kappa shape index (κ1) is 18.9. The smallest absolute Gasteiger partial charge is 0.160 e. The molecule has 0 saturated carbocycles. The first-order valence-corrected chi connectivity index (χ1v) is 8.17. The minimum Gasteiger partial charge on any atom is -0.353 e. The predicted molar refractivity (Wildman–Crippen MR) is 80.2 cm³/mol. The Morgan fingerprint density at radius 2 is 1.05 bits per heavy atom. The van der Waals surface area contributed by atoms with Gasteiger partial charge in [-0.05, 0) is 25.7 Å². The van der Waals surface area contributed by atoms with E-state index in [1.54, 1.807) is 0 Å². The zero-order valence-corrected chi connectivity index (χ0v) is 13.5. The lowest BCUT2D eigenvalue weighted by Crippen LogP contribution is -2.27. The molecule has 19 heavy (non-hydrogen) atoms. The molecule has 116 valence electrons. The standard InChI is InChI=1S/C16H34O3/c1-5-9-13-17-15(11-7-3)19-16(12-8-4)18-14-10-6-2/h15-16H,5-14H2,1-4H3. The third-order valence-electron chi connectivity index (χ3n) is 2.96. The molecule has 0 fully saturated rings. The van der Waals surface area contributed by atoms with Gasteiger partial charge in [-0.15, -0.1) is 0 Å². The fourth-order valence-corrected chi connectivity index (χ4v) is 1.74. The molecule has 0 saturated heterocycles. The Hall–Kier alpha value is -0.120. The summed E-state index contributed by atoms with van der Waals surface area (Å²) in [7, 11) is 0. The molecule has 0 rings (SSSR count). The number of hydrogen-bond acceptors (Lipinski definition) is 3. The van der Waals surface area contributed by atoms with Crippen LogP contribution in [0, 0.1) is 0 Å². The van der Waals surface area contributed by atoms with Gasteiger partial charge < -0.3 is 14.2 Å². The van der Waals surface area contributed by atoms with E-state index in [1.807, 2.05) is 0 Å². The lowest BCUT2D eigenvalue weighted by atomic mass is 10.3. The van der Waals surface area contributed by atoms with Crippen LogP contribution in [0.5, 0.6) is 0 Å². The van der Waals surface area contributed by atoms with Crippen LogP contribution < -0.4 is 0 Å². The van der Waals surface area contributed by atoms with Crippen LogP contribution in [0.4, 0.5) is 0 Å². The molecule has 0 N–H and O–H groups in total. The Balaban J connectivity index is 4.05. The van der Waals surface area contributed by atoms with Gasteiger partial charge in [0, 0.05) is 13.2 Å². The maximum atomic E-state index is 5.98. The number of ether oxygens (including phenoxy) is 3. The third-order valence-corrected chi connectivity index (χ3v) is 2.96. The maximum absolute atomic E-state index is 5.98. The highest BCUT2D eigenvalue weighted by Gasteiger charge is 2.16. The fourth-order valence-electron chi connectivity index (χ4n) is 1.74. The molecular weight excluding hydrogens is 240 g/mol. The summed E-state index contributed by atoms with van der Waals surface area (Å²) >= 11 is 0. The largest absolute Gasteiger partial charge is 0.353 e.